The van der Waals surface area contributed by atoms with Crippen molar-refractivity contribution in [2.24, 2.45) is 0 Å². The van der Waals surface area contributed by atoms with Crippen LogP contribution in [-0.4, -0.2) is 46.9 Å². The molecule has 0 bridgehead atoms. The second kappa shape index (κ2) is 50.6. The maximum atomic E-state index is 13.2. The number of carbonyl (C=O) groups excluding carboxylic acids is 2. The fourth-order valence-electron chi connectivity index (χ4n) is 8.84. The van der Waals surface area contributed by atoms with Crippen LogP contribution >= 0.6 is 0 Å². The third-order valence-electron chi connectivity index (χ3n) is 13.1. The van der Waals surface area contributed by atoms with Crippen LogP contribution in [0, 0.1) is 0 Å². The normalized spacial score (nSPS) is 13.2. The van der Waals surface area contributed by atoms with Gasteiger partial charge in [-0.15, -0.1) is 0 Å². The summed E-state index contributed by atoms with van der Waals surface area (Å²) in [6.45, 7) is 6.51. The lowest BCUT2D eigenvalue weighted by atomic mass is 10.0. The van der Waals surface area contributed by atoms with Crippen molar-refractivity contribution in [2.75, 3.05) is 6.61 Å². The van der Waals surface area contributed by atoms with Crippen molar-refractivity contribution < 1.29 is 24.5 Å². The van der Waals surface area contributed by atoms with Gasteiger partial charge in [0.15, 0.2) is 0 Å². The van der Waals surface area contributed by atoms with E-state index in [0.29, 0.717) is 19.3 Å². The van der Waals surface area contributed by atoms with Crippen LogP contribution in [0.2, 0.25) is 0 Å². The summed E-state index contributed by atoms with van der Waals surface area (Å²) in [5, 5.41) is 23.8. The van der Waals surface area contributed by atoms with Crippen LogP contribution in [0.3, 0.4) is 0 Å². The first-order chi connectivity index (χ1) is 30.5. The van der Waals surface area contributed by atoms with Gasteiger partial charge >= 0.3 is 5.97 Å². The molecule has 0 aromatic heterocycles. The molecule has 0 aromatic carbocycles. The average Bonchev–Trinajstić information content (AvgIpc) is 3.26. The molecular formula is C56H109NO5. The molecule has 3 N–H and O–H groups in total. The van der Waals surface area contributed by atoms with E-state index in [1.54, 1.807) is 0 Å². The fraction of sp³-hybridized carbons (Fsp3) is 0.929. The number of aliphatic hydroxyl groups is 2. The van der Waals surface area contributed by atoms with E-state index in [1.807, 2.05) is 0 Å². The van der Waals surface area contributed by atoms with Gasteiger partial charge in [-0.05, 0) is 51.4 Å². The number of esters is 1. The molecule has 0 rings (SSSR count). The Hall–Kier alpha value is -1.40. The molecule has 0 aliphatic carbocycles. The number of ether oxygens (including phenoxy) is 1. The zero-order valence-electron chi connectivity index (χ0n) is 42.0. The summed E-state index contributed by atoms with van der Waals surface area (Å²) in [7, 11) is 0. The number of nitrogens with one attached hydrogen (secondary N) is 1. The predicted octanol–water partition coefficient (Wildman–Crippen LogP) is 16.9. The predicted molar refractivity (Wildman–Crippen MR) is 269 cm³/mol. The Morgan fingerprint density at radius 3 is 1.15 bits per heavy atom. The summed E-state index contributed by atoms with van der Waals surface area (Å²) in [6.07, 6.45) is 57.0. The summed E-state index contributed by atoms with van der Waals surface area (Å²) < 4.78 is 5.95. The number of aliphatic hydroxyl groups excluding tert-OH is 2. The highest BCUT2D eigenvalue weighted by molar-refractivity contribution is 5.77. The summed E-state index contributed by atoms with van der Waals surface area (Å²) in [6, 6.07) is -0.698. The van der Waals surface area contributed by atoms with E-state index in [9.17, 15) is 19.8 Å². The summed E-state index contributed by atoms with van der Waals surface area (Å²) >= 11 is 0. The quantitative estimate of drug-likeness (QED) is 0.0321. The molecule has 0 saturated heterocycles. The van der Waals surface area contributed by atoms with Crippen molar-refractivity contribution in [3.05, 3.63) is 12.2 Å². The maximum absolute atomic E-state index is 13.2. The Bertz CT molecular complexity index is 939. The lowest BCUT2D eigenvalue weighted by Crippen LogP contribution is -2.46. The molecule has 0 saturated carbocycles. The van der Waals surface area contributed by atoms with Crippen molar-refractivity contribution in [1.29, 1.82) is 0 Å². The first-order valence-electron chi connectivity index (χ1n) is 27.9. The van der Waals surface area contributed by atoms with Gasteiger partial charge in [0, 0.05) is 6.42 Å². The van der Waals surface area contributed by atoms with E-state index in [4.69, 9.17) is 4.74 Å². The maximum Gasteiger partial charge on any atom is 0.306 e. The van der Waals surface area contributed by atoms with Gasteiger partial charge < -0.3 is 20.3 Å². The third-order valence-corrected chi connectivity index (χ3v) is 13.1. The van der Waals surface area contributed by atoms with Gasteiger partial charge in [0.05, 0.1) is 25.2 Å². The zero-order valence-corrected chi connectivity index (χ0v) is 42.0. The average molecular weight is 876 g/mol. The van der Waals surface area contributed by atoms with E-state index < -0.39 is 18.2 Å². The third kappa shape index (κ3) is 45.2. The molecule has 0 aliphatic heterocycles. The van der Waals surface area contributed by atoms with Crippen molar-refractivity contribution in [3.8, 4) is 0 Å². The minimum atomic E-state index is -0.784. The van der Waals surface area contributed by atoms with Crippen LogP contribution in [0.25, 0.3) is 0 Å². The molecule has 0 radical (unpaired) electrons. The van der Waals surface area contributed by atoms with Crippen LogP contribution in [0.4, 0.5) is 0 Å². The van der Waals surface area contributed by atoms with Crippen LogP contribution < -0.4 is 5.32 Å². The molecule has 0 fully saturated rings. The molecule has 1 amide bonds. The van der Waals surface area contributed by atoms with Crippen molar-refractivity contribution >= 4 is 11.9 Å². The number of rotatable bonds is 51. The van der Waals surface area contributed by atoms with Gasteiger partial charge in [0.1, 0.15) is 6.10 Å². The first kappa shape index (κ1) is 60.6. The molecule has 368 valence electrons. The standard InChI is InChI=1S/C56H109NO5/c1-4-7-10-13-16-19-22-25-28-30-33-36-39-42-45-48-54(59)53(51-58)57-55(60)50-52(47-44-41-38-35-32-29-26-23-20-17-14-11-8-5-2)62-56(61)49-46-43-40-37-34-31-27-24-21-18-15-12-9-6-3/h31,34,52-54,58-59H,4-30,32-33,35-51H2,1-3H3,(H,57,60)/b34-31-. The van der Waals surface area contributed by atoms with Crippen molar-refractivity contribution in [1.82, 2.24) is 5.32 Å². The Labute approximate surface area is 387 Å². The number of amides is 1. The van der Waals surface area contributed by atoms with Crippen LogP contribution in [0.1, 0.15) is 310 Å². The van der Waals surface area contributed by atoms with Gasteiger partial charge in [0.25, 0.3) is 0 Å². The van der Waals surface area contributed by atoms with Crippen molar-refractivity contribution in [2.45, 2.75) is 328 Å². The minimum Gasteiger partial charge on any atom is -0.462 e. The van der Waals surface area contributed by atoms with E-state index in [1.165, 1.54) is 212 Å². The summed E-state index contributed by atoms with van der Waals surface area (Å²) in [4.78, 5) is 26.2. The number of allylic oxidation sites excluding steroid dienone is 2. The van der Waals surface area contributed by atoms with Crippen molar-refractivity contribution in [3.63, 3.8) is 0 Å². The molecule has 0 aromatic rings. The SMILES string of the molecule is CCCCCCCCC/C=C\CCCCCC(=O)OC(CCCCCCCCCCCCCCCC)CC(=O)NC(CO)C(O)CCCCCCCCCCCCCCCCC. The number of hydrogen-bond donors (Lipinski definition) is 3. The lowest BCUT2D eigenvalue weighted by molar-refractivity contribution is -0.151. The molecule has 62 heavy (non-hydrogen) atoms. The smallest absolute Gasteiger partial charge is 0.306 e. The number of unbranched alkanes of at least 4 members (excludes halogenated alkanes) is 37. The molecule has 0 heterocycles. The van der Waals surface area contributed by atoms with Gasteiger partial charge in [-0.1, -0.05) is 258 Å². The highest BCUT2D eigenvalue weighted by Crippen LogP contribution is 2.19. The Morgan fingerprint density at radius 2 is 0.774 bits per heavy atom. The first-order valence-corrected chi connectivity index (χ1v) is 27.9. The lowest BCUT2D eigenvalue weighted by Gasteiger charge is -2.24. The van der Waals surface area contributed by atoms with E-state index in [0.717, 1.165) is 51.4 Å². The Kier molecular flexibility index (Phi) is 49.5. The summed E-state index contributed by atoms with van der Waals surface area (Å²) in [5.41, 5.74) is 0. The van der Waals surface area contributed by atoms with Gasteiger partial charge in [-0.2, -0.15) is 0 Å². The van der Waals surface area contributed by atoms with Gasteiger partial charge in [-0.25, -0.2) is 0 Å². The zero-order chi connectivity index (χ0) is 45.2. The molecule has 3 unspecified atom stereocenters. The van der Waals surface area contributed by atoms with Gasteiger partial charge in [-0.3, -0.25) is 9.59 Å². The molecular weight excluding hydrogens is 767 g/mol. The number of carbonyl (C=O) groups is 2. The monoisotopic (exact) mass is 876 g/mol. The molecule has 6 nitrogen and oxygen atoms in total. The highest BCUT2D eigenvalue weighted by atomic mass is 16.5. The topological polar surface area (TPSA) is 95.9 Å². The minimum absolute atomic E-state index is 0.0793. The fourth-order valence-corrected chi connectivity index (χ4v) is 8.84. The van der Waals surface area contributed by atoms with Gasteiger partial charge in [0.2, 0.25) is 5.91 Å². The molecule has 0 aliphatic rings. The van der Waals surface area contributed by atoms with E-state index in [-0.39, 0.29) is 24.9 Å². The van der Waals surface area contributed by atoms with E-state index >= 15 is 0 Å². The molecule has 6 heteroatoms. The van der Waals surface area contributed by atoms with E-state index in [2.05, 4.69) is 38.2 Å². The molecule has 0 spiro atoms. The number of hydrogen-bond acceptors (Lipinski definition) is 5. The highest BCUT2D eigenvalue weighted by Gasteiger charge is 2.24. The van der Waals surface area contributed by atoms with Crippen LogP contribution in [-0.2, 0) is 14.3 Å². The van der Waals surface area contributed by atoms with Crippen LogP contribution in [0.5, 0.6) is 0 Å². The molecule has 3 atom stereocenters. The Balaban J connectivity index is 4.52. The Morgan fingerprint density at radius 1 is 0.452 bits per heavy atom. The second-order valence-corrected chi connectivity index (χ2v) is 19.3. The second-order valence-electron chi connectivity index (χ2n) is 19.3. The largest absolute Gasteiger partial charge is 0.462 e. The van der Waals surface area contributed by atoms with Crippen LogP contribution in [0.15, 0.2) is 12.2 Å². The summed E-state index contributed by atoms with van der Waals surface area (Å²) in [5.74, 6) is -0.472.